The second kappa shape index (κ2) is 6.52. The van der Waals surface area contributed by atoms with E-state index in [-0.39, 0.29) is 11.8 Å². The lowest BCUT2D eigenvalue weighted by Crippen LogP contribution is -2.31. The molecule has 0 atom stereocenters. The third-order valence-electron chi connectivity index (χ3n) is 4.71. The van der Waals surface area contributed by atoms with Crippen molar-refractivity contribution in [1.29, 1.82) is 0 Å². The molecule has 1 N–H and O–H groups in total. The van der Waals surface area contributed by atoms with E-state index in [0.717, 1.165) is 22.6 Å². The molecule has 4 rings (SSSR count). The highest BCUT2D eigenvalue weighted by atomic mass is 16.2. The van der Waals surface area contributed by atoms with E-state index in [4.69, 9.17) is 0 Å². The molecule has 5 heteroatoms. The molecule has 2 aromatic carbocycles. The Balaban J connectivity index is 1.51. The van der Waals surface area contributed by atoms with E-state index in [2.05, 4.69) is 5.32 Å². The van der Waals surface area contributed by atoms with Gasteiger partial charge in [0.15, 0.2) is 0 Å². The lowest BCUT2D eigenvalue weighted by Gasteiger charge is -2.26. The zero-order valence-electron chi connectivity index (χ0n) is 14.5. The molecule has 0 spiro atoms. The molecule has 0 radical (unpaired) electrons. The minimum absolute atomic E-state index is 0.122. The van der Waals surface area contributed by atoms with E-state index in [1.807, 2.05) is 71.6 Å². The van der Waals surface area contributed by atoms with Gasteiger partial charge in [-0.1, -0.05) is 0 Å². The second-order valence-corrected chi connectivity index (χ2v) is 6.39. The van der Waals surface area contributed by atoms with Gasteiger partial charge in [0.25, 0.3) is 5.91 Å². The Morgan fingerprint density at radius 3 is 2.46 bits per heavy atom. The number of benzene rings is 2. The van der Waals surface area contributed by atoms with E-state index in [1.54, 1.807) is 11.9 Å². The van der Waals surface area contributed by atoms with Crippen molar-refractivity contribution in [3.63, 3.8) is 0 Å². The normalized spacial score (nSPS) is 13.4. The van der Waals surface area contributed by atoms with Crippen LogP contribution in [0.4, 0.5) is 11.4 Å². The van der Waals surface area contributed by atoms with Gasteiger partial charge < -0.3 is 14.8 Å². The molecule has 5 nitrogen and oxygen atoms in total. The molecule has 1 aliphatic rings. The maximum absolute atomic E-state index is 12.5. The quantitative estimate of drug-likeness (QED) is 0.788. The molecule has 2 amide bonds. The lowest BCUT2D eigenvalue weighted by atomic mass is 10.0. The van der Waals surface area contributed by atoms with Crippen LogP contribution in [-0.4, -0.2) is 23.4 Å². The number of carbonyl (C=O) groups is 2. The maximum atomic E-state index is 12.5. The van der Waals surface area contributed by atoms with Crippen LogP contribution in [0.15, 0.2) is 67.0 Å². The van der Waals surface area contributed by atoms with Crippen molar-refractivity contribution in [2.75, 3.05) is 17.3 Å². The predicted octanol–water partition coefficient (Wildman–Crippen LogP) is 3.64. The molecule has 0 saturated carbocycles. The van der Waals surface area contributed by atoms with Crippen LogP contribution in [0, 0.1) is 0 Å². The Kier molecular flexibility index (Phi) is 4.05. The first-order chi connectivity index (χ1) is 12.6. The molecule has 2 heterocycles. The number of amides is 2. The van der Waals surface area contributed by atoms with Gasteiger partial charge in [-0.2, -0.15) is 0 Å². The Labute approximate surface area is 151 Å². The molecule has 130 valence electrons. The smallest absolute Gasteiger partial charge is 0.255 e. The number of hydrogen-bond acceptors (Lipinski definition) is 2. The van der Waals surface area contributed by atoms with Gasteiger partial charge in [0.2, 0.25) is 5.91 Å². The van der Waals surface area contributed by atoms with E-state index < -0.39 is 0 Å². The second-order valence-electron chi connectivity index (χ2n) is 6.39. The first kappa shape index (κ1) is 16.1. The summed E-state index contributed by atoms with van der Waals surface area (Å²) in [6.07, 6.45) is 5.13. The summed E-state index contributed by atoms with van der Waals surface area (Å²) in [6.45, 7) is 0. The summed E-state index contributed by atoms with van der Waals surface area (Å²) in [4.78, 5) is 26.0. The van der Waals surface area contributed by atoms with Gasteiger partial charge >= 0.3 is 0 Å². The summed E-state index contributed by atoms with van der Waals surface area (Å²) < 4.78 is 1.99. The first-order valence-corrected chi connectivity index (χ1v) is 8.56. The number of fused-ring (bicyclic) bond motifs is 1. The highest BCUT2D eigenvalue weighted by Crippen LogP contribution is 2.29. The first-order valence-electron chi connectivity index (χ1n) is 8.56. The topological polar surface area (TPSA) is 54.3 Å². The minimum Gasteiger partial charge on any atom is -0.324 e. The fourth-order valence-electron chi connectivity index (χ4n) is 3.23. The number of nitrogens with zero attached hydrogens (tertiary/aromatic N) is 2. The van der Waals surface area contributed by atoms with Gasteiger partial charge in [0.05, 0.1) is 0 Å². The van der Waals surface area contributed by atoms with Gasteiger partial charge in [-0.05, 0) is 66.6 Å². The lowest BCUT2D eigenvalue weighted by molar-refractivity contribution is -0.118. The molecule has 0 fully saturated rings. The summed E-state index contributed by atoms with van der Waals surface area (Å²) in [5.74, 6) is -0.0266. The fraction of sp³-hybridized carbons (Fsp3) is 0.143. The summed E-state index contributed by atoms with van der Waals surface area (Å²) >= 11 is 0. The summed E-state index contributed by atoms with van der Waals surface area (Å²) in [7, 11) is 1.78. The number of aromatic nitrogens is 1. The van der Waals surface area contributed by atoms with Crippen LogP contribution in [0.3, 0.4) is 0 Å². The summed E-state index contributed by atoms with van der Waals surface area (Å²) in [6, 6.07) is 17.1. The highest BCUT2D eigenvalue weighted by molar-refractivity contribution is 6.05. The van der Waals surface area contributed by atoms with Crippen molar-refractivity contribution in [1.82, 2.24) is 4.57 Å². The van der Waals surface area contributed by atoms with Crippen molar-refractivity contribution >= 4 is 23.2 Å². The van der Waals surface area contributed by atoms with E-state index >= 15 is 0 Å². The van der Waals surface area contributed by atoms with Crippen LogP contribution in [0.25, 0.3) is 5.69 Å². The summed E-state index contributed by atoms with van der Waals surface area (Å²) in [5.41, 5.74) is 4.34. The van der Waals surface area contributed by atoms with E-state index in [0.29, 0.717) is 18.4 Å². The van der Waals surface area contributed by atoms with Gasteiger partial charge in [0, 0.05) is 48.5 Å². The van der Waals surface area contributed by atoms with Gasteiger partial charge in [0.1, 0.15) is 0 Å². The van der Waals surface area contributed by atoms with E-state index in [9.17, 15) is 9.59 Å². The third-order valence-corrected chi connectivity index (χ3v) is 4.71. The van der Waals surface area contributed by atoms with Crippen molar-refractivity contribution in [3.8, 4) is 5.69 Å². The molecular formula is C21H19N3O2. The third kappa shape index (κ3) is 2.99. The standard InChI is InChI=1S/C21H19N3O2/c1-23-19-10-7-17(14-16(19)6-11-20(23)25)22-21(26)15-4-8-18(9-5-15)24-12-2-3-13-24/h2-5,7-10,12-14H,6,11H2,1H3,(H,22,26). The number of nitrogens with one attached hydrogen (secondary N) is 1. The molecule has 0 bridgehead atoms. The molecule has 0 unspecified atom stereocenters. The van der Waals surface area contributed by atoms with Crippen molar-refractivity contribution < 1.29 is 9.59 Å². The highest BCUT2D eigenvalue weighted by Gasteiger charge is 2.21. The van der Waals surface area contributed by atoms with E-state index in [1.165, 1.54) is 0 Å². The molecule has 1 aliphatic heterocycles. The molecule has 1 aromatic heterocycles. The molecule has 3 aromatic rings. The number of aryl methyl sites for hydroxylation is 1. The zero-order chi connectivity index (χ0) is 18.1. The maximum Gasteiger partial charge on any atom is 0.255 e. The zero-order valence-corrected chi connectivity index (χ0v) is 14.5. The summed E-state index contributed by atoms with van der Waals surface area (Å²) in [5, 5.41) is 2.94. The SMILES string of the molecule is CN1C(=O)CCc2cc(NC(=O)c3ccc(-n4cccc4)cc3)ccc21. The molecular weight excluding hydrogens is 326 g/mol. The van der Waals surface area contributed by atoms with Crippen molar-refractivity contribution in [3.05, 3.63) is 78.1 Å². The predicted molar refractivity (Wildman–Crippen MR) is 102 cm³/mol. The number of hydrogen-bond donors (Lipinski definition) is 1. The number of rotatable bonds is 3. The molecule has 0 aliphatic carbocycles. The van der Waals surface area contributed by atoms with Crippen molar-refractivity contribution in [2.24, 2.45) is 0 Å². The minimum atomic E-state index is -0.149. The van der Waals surface area contributed by atoms with Crippen LogP contribution in [0.5, 0.6) is 0 Å². The molecule has 0 saturated heterocycles. The Morgan fingerprint density at radius 2 is 1.73 bits per heavy atom. The van der Waals surface area contributed by atoms with Gasteiger partial charge in [-0.25, -0.2) is 0 Å². The van der Waals surface area contributed by atoms with Crippen LogP contribution < -0.4 is 10.2 Å². The van der Waals surface area contributed by atoms with Crippen LogP contribution >= 0.6 is 0 Å². The van der Waals surface area contributed by atoms with Crippen molar-refractivity contribution in [2.45, 2.75) is 12.8 Å². The average molecular weight is 345 g/mol. The van der Waals surface area contributed by atoms with Crippen LogP contribution in [0.2, 0.25) is 0 Å². The monoisotopic (exact) mass is 345 g/mol. The van der Waals surface area contributed by atoms with Gasteiger partial charge in [-0.3, -0.25) is 9.59 Å². The fourth-order valence-corrected chi connectivity index (χ4v) is 3.23. The largest absolute Gasteiger partial charge is 0.324 e. The van der Waals surface area contributed by atoms with Crippen LogP contribution in [0.1, 0.15) is 22.3 Å². The Morgan fingerprint density at radius 1 is 1.00 bits per heavy atom. The Hall–Kier alpha value is -3.34. The Bertz CT molecular complexity index is 959. The van der Waals surface area contributed by atoms with Gasteiger partial charge in [-0.15, -0.1) is 0 Å². The average Bonchev–Trinajstić information content (AvgIpc) is 3.20. The number of anilines is 2. The number of carbonyl (C=O) groups excluding carboxylic acids is 2. The van der Waals surface area contributed by atoms with Crippen LogP contribution in [-0.2, 0) is 11.2 Å². The molecule has 26 heavy (non-hydrogen) atoms.